The van der Waals surface area contributed by atoms with Crippen LogP contribution < -0.4 is 0 Å². The second-order valence-corrected chi connectivity index (χ2v) is 2.45. The maximum Gasteiger partial charge on any atom is 0.286 e. The molecule has 2 nitrogen and oxygen atoms in total. The highest BCUT2D eigenvalue weighted by Gasteiger charge is 2.15. The van der Waals surface area contributed by atoms with Crippen LogP contribution in [0.25, 0.3) is 0 Å². The largest absolute Gasteiger partial charge is 0.286 e. The zero-order valence-corrected chi connectivity index (χ0v) is 6.41. The van der Waals surface area contributed by atoms with Gasteiger partial charge in [0.25, 0.3) is 6.10 Å². The first-order valence-electron chi connectivity index (χ1n) is 3.49. The fourth-order valence-corrected chi connectivity index (χ4v) is 0.913. The lowest BCUT2D eigenvalue weighted by Gasteiger charge is -1.93. The molecule has 0 bridgehead atoms. The topological polar surface area (TPSA) is 29.1 Å². The highest BCUT2D eigenvalue weighted by atomic mass is 17.1. The summed E-state index contributed by atoms with van der Waals surface area (Å²) in [5, 5.41) is 9.90. The molecule has 11 heavy (non-hydrogen) atoms. The van der Waals surface area contributed by atoms with Gasteiger partial charge >= 0.3 is 0 Å². The van der Waals surface area contributed by atoms with Crippen LogP contribution in [0.3, 0.4) is 0 Å². The summed E-state index contributed by atoms with van der Waals surface area (Å²) < 4.78 is 0. The molecule has 0 aliphatic heterocycles. The molecule has 1 aromatic rings. The van der Waals surface area contributed by atoms with Crippen molar-refractivity contribution in [2.75, 3.05) is 0 Å². The van der Waals surface area contributed by atoms with Crippen LogP contribution in [0.2, 0.25) is 0 Å². The van der Waals surface area contributed by atoms with E-state index < -0.39 is 0 Å². The number of hydrogen-bond acceptors (Lipinski definition) is 1. The van der Waals surface area contributed by atoms with Crippen LogP contribution in [-0.2, 0) is 16.6 Å². The fourth-order valence-electron chi connectivity index (χ4n) is 0.913. The van der Waals surface area contributed by atoms with Gasteiger partial charge in [0.2, 0.25) is 0 Å². The molecule has 0 saturated heterocycles. The maximum absolute atomic E-state index is 9.90. The second kappa shape index (κ2) is 4.01. The molecule has 0 saturated carbocycles. The minimum Gasteiger partial charge on any atom is -0.0622 e. The molecular formula is C9H10O2+. The van der Waals surface area contributed by atoms with Gasteiger partial charge in [-0.3, -0.25) is 0 Å². The summed E-state index contributed by atoms with van der Waals surface area (Å²) in [6.07, 6.45) is 1.10. The molecule has 1 rings (SSSR count). The highest BCUT2D eigenvalue weighted by Crippen LogP contribution is 2.09. The predicted molar refractivity (Wildman–Crippen MR) is 40.8 cm³/mol. The van der Waals surface area contributed by atoms with Crippen molar-refractivity contribution >= 4 is 0 Å². The second-order valence-electron chi connectivity index (χ2n) is 2.45. The Morgan fingerprint density at radius 2 is 2.00 bits per heavy atom. The molecule has 0 spiro atoms. The minimum absolute atomic E-state index is 0.496. The lowest BCUT2D eigenvalue weighted by molar-refractivity contribution is -0.294. The Hall–Kier alpha value is -0.990. The average molecular weight is 150 g/mol. The third-order valence-electron chi connectivity index (χ3n) is 1.44. The molecule has 0 heterocycles. The number of hydrogen-bond donors (Lipinski definition) is 0. The van der Waals surface area contributed by atoms with Gasteiger partial charge in [0.15, 0.2) is 6.42 Å². The summed E-state index contributed by atoms with van der Waals surface area (Å²) in [4.78, 5) is 3.82. The van der Waals surface area contributed by atoms with E-state index in [0.717, 1.165) is 5.56 Å². The quantitative estimate of drug-likeness (QED) is 0.368. The summed E-state index contributed by atoms with van der Waals surface area (Å²) in [5.74, 6) is 0. The van der Waals surface area contributed by atoms with Crippen molar-refractivity contribution in [3.63, 3.8) is 0 Å². The van der Waals surface area contributed by atoms with E-state index >= 15 is 0 Å². The van der Waals surface area contributed by atoms with Crippen LogP contribution in [0.4, 0.5) is 0 Å². The van der Waals surface area contributed by atoms with Crippen LogP contribution in [-0.4, -0.2) is 0 Å². The zero-order chi connectivity index (χ0) is 8.10. The predicted octanol–water partition coefficient (Wildman–Crippen LogP) is 2.14. The Labute approximate surface area is 66.4 Å². The standard InChI is InChI=1S/C9H10O2/c1-8(11-10)7-9-5-3-2-4-6-9/h2-6H,7H2,1H3/q+1. The normalized spacial score (nSPS) is 9.64. The number of benzene rings is 1. The van der Waals surface area contributed by atoms with Crippen LogP contribution in [0.1, 0.15) is 12.5 Å². The van der Waals surface area contributed by atoms with E-state index in [-0.39, 0.29) is 0 Å². The van der Waals surface area contributed by atoms with Gasteiger partial charge in [0.1, 0.15) is 6.92 Å². The highest BCUT2D eigenvalue weighted by molar-refractivity contribution is 5.16. The monoisotopic (exact) mass is 150 g/mol. The molecule has 0 atom stereocenters. The van der Waals surface area contributed by atoms with Crippen molar-refractivity contribution in [3.05, 3.63) is 42.0 Å². The Kier molecular flexibility index (Phi) is 2.95. The van der Waals surface area contributed by atoms with Gasteiger partial charge in [0.05, 0.1) is 0 Å². The smallest absolute Gasteiger partial charge is 0.0622 e. The maximum atomic E-state index is 9.90. The van der Waals surface area contributed by atoms with Gasteiger partial charge in [0, 0.05) is 10.1 Å². The third-order valence-corrected chi connectivity index (χ3v) is 1.44. The van der Waals surface area contributed by atoms with Gasteiger partial charge in [-0.05, 0) is 5.56 Å². The molecule has 0 amide bonds. The molecule has 0 unspecified atom stereocenters. The van der Waals surface area contributed by atoms with E-state index in [0.29, 0.717) is 12.5 Å². The van der Waals surface area contributed by atoms with Crippen LogP contribution in [0.5, 0.6) is 0 Å². The summed E-state index contributed by atoms with van der Waals surface area (Å²) >= 11 is 0. The van der Waals surface area contributed by atoms with E-state index in [1.165, 1.54) is 0 Å². The molecule has 2 heteroatoms. The molecule has 1 aromatic carbocycles. The van der Waals surface area contributed by atoms with E-state index in [1.54, 1.807) is 6.92 Å². The molecule has 0 aliphatic carbocycles. The van der Waals surface area contributed by atoms with Crippen molar-refractivity contribution in [1.82, 2.24) is 0 Å². The molecule has 0 aliphatic rings. The summed E-state index contributed by atoms with van der Waals surface area (Å²) in [5.41, 5.74) is 1.10. The van der Waals surface area contributed by atoms with Gasteiger partial charge < -0.3 is 0 Å². The van der Waals surface area contributed by atoms with Crippen molar-refractivity contribution in [1.29, 1.82) is 0 Å². The number of rotatable bonds is 3. The van der Waals surface area contributed by atoms with Crippen molar-refractivity contribution < 1.29 is 10.1 Å². The van der Waals surface area contributed by atoms with Gasteiger partial charge in [-0.25, -0.2) is 0 Å². The van der Waals surface area contributed by atoms with E-state index in [9.17, 15) is 5.26 Å². The summed E-state index contributed by atoms with van der Waals surface area (Å²) in [6.45, 7) is 1.68. The summed E-state index contributed by atoms with van der Waals surface area (Å²) in [7, 11) is 0. The zero-order valence-electron chi connectivity index (χ0n) is 6.41. The Bertz CT molecular complexity index is 196. The Morgan fingerprint density at radius 1 is 1.36 bits per heavy atom. The molecule has 1 radical (unpaired) electrons. The van der Waals surface area contributed by atoms with E-state index in [2.05, 4.69) is 4.89 Å². The fraction of sp³-hybridized carbons (Fsp3) is 0.222. The molecule has 57 valence electrons. The average Bonchev–Trinajstić information content (AvgIpc) is 2.06. The summed E-state index contributed by atoms with van der Waals surface area (Å²) in [6, 6.07) is 9.74. The Morgan fingerprint density at radius 3 is 2.55 bits per heavy atom. The molecule has 0 N–H and O–H groups in total. The van der Waals surface area contributed by atoms with Crippen molar-refractivity contribution in [2.45, 2.75) is 13.3 Å². The van der Waals surface area contributed by atoms with Crippen LogP contribution >= 0.6 is 0 Å². The first-order chi connectivity index (χ1) is 5.33. The van der Waals surface area contributed by atoms with Crippen LogP contribution in [0.15, 0.2) is 30.3 Å². The van der Waals surface area contributed by atoms with Crippen molar-refractivity contribution in [3.8, 4) is 0 Å². The SMILES string of the molecule is C[C+](Cc1ccccc1)O[O]. The van der Waals surface area contributed by atoms with Crippen LogP contribution in [0, 0.1) is 6.10 Å². The minimum atomic E-state index is 0.496. The molecule has 0 aromatic heterocycles. The lowest BCUT2D eigenvalue weighted by atomic mass is 10.1. The van der Waals surface area contributed by atoms with E-state index in [4.69, 9.17) is 0 Å². The third kappa shape index (κ3) is 2.62. The first kappa shape index (κ1) is 8.11. The first-order valence-corrected chi connectivity index (χ1v) is 3.49. The van der Waals surface area contributed by atoms with Crippen molar-refractivity contribution in [2.24, 2.45) is 0 Å². The van der Waals surface area contributed by atoms with Gasteiger partial charge in [-0.1, -0.05) is 30.3 Å². The van der Waals surface area contributed by atoms with Gasteiger partial charge in [-0.2, -0.15) is 0 Å². The van der Waals surface area contributed by atoms with E-state index in [1.807, 2.05) is 30.3 Å². The molecular weight excluding hydrogens is 140 g/mol. The molecule has 0 fully saturated rings. The van der Waals surface area contributed by atoms with Gasteiger partial charge in [-0.15, -0.1) is 0 Å². The lowest BCUT2D eigenvalue weighted by Crippen LogP contribution is -1.97. The Balaban J connectivity index is 2.51.